The quantitative estimate of drug-likeness (QED) is 0.572. The van der Waals surface area contributed by atoms with E-state index >= 15 is 0 Å². The summed E-state index contributed by atoms with van der Waals surface area (Å²) in [6, 6.07) is 6.35. The molecule has 144 valence electrons. The maximum atomic E-state index is 10.2. The van der Waals surface area contributed by atoms with Crippen LogP contribution in [-0.4, -0.2) is 32.2 Å². The molecule has 2 aromatic heterocycles. The summed E-state index contributed by atoms with van der Waals surface area (Å²) in [5.74, 6) is 6.45. The highest BCUT2D eigenvalue weighted by atomic mass is 32.1. The normalized spacial score (nSPS) is 19.1. The highest BCUT2D eigenvalue weighted by Crippen LogP contribution is 2.30. The average molecular weight is 394 g/mol. The zero-order valence-corrected chi connectivity index (χ0v) is 16.6. The Hall–Kier alpha value is -2.69. The number of nitrogens with zero attached hydrogens (tertiary/aromatic N) is 3. The van der Waals surface area contributed by atoms with E-state index in [1.807, 2.05) is 6.07 Å². The van der Waals surface area contributed by atoms with Gasteiger partial charge in [0.1, 0.15) is 11.5 Å². The molecule has 1 fully saturated rings. The molecule has 0 radical (unpaired) electrons. The molecule has 1 saturated carbocycles. The minimum absolute atomic E-state index is 0.104. The van der Waals surface area contributed by atoms with Crippen molar-refractivity contribution < 1.29 is 5.11 Å². The second-order valence-electron chi connectivity index (χ2n) is 6.94. The van der Waals surface area contributed by atoms with Gasteiger partial charge in [0.15, 0.2) is 5.13 Å². The fourth-order valence-corrected chi connectivity index (χ4v) is 4.40. The fourth-order valence-electron chi connectivity index (χ4n) is 3.41. The summed E-state index contributed by atoms with van der Waals surface area (Å²) in [6.07, 6.45) is 7.19. The predicted octanol–water partition coefficient (Wildman–Crippen LogP) is 3.79. The Labute approximate surface area is 168 Å². The van der Waals surface area contributed by atoms with Crippen LogP contribution in [-0.2, 0) is 6.54 Å². The molecule has 3 N–H and O–H groups in total. The van der Waals surface area contributed by atoms with Crippen molar-refractivity contribution >= 4 is 32.5 Å². The molecular formula is C21H23N5OS. The summed E-state index contributed by atoms with van der Waals surface area (Å²) in [7, 11) is 0. The molecule has 6 nitrogen and oxygen atoms in total. The summed E-state index contributed by atoms with van der Waals surface area (Å²) in [6.45, 7) is 2.43. The molecule has 0 saturated heterocycles. The van der Waals surface area contributed by atoms with Crippen LogP contribution in [0.15, 0.2) is 30.6 Å². The first kappa shape index (κ1) is 18.7. The van der Waals surface area contributed by atoms with Crippen LogP contribution in [0.3, 0.4) is 0 Å². The van der Waals surface area contributed by atoms with E-state index in [9.17, 15) is 5.11 Å². The summed E-state index contributed by atoms with van der Waals surface area (Å²) < 4.78 is 1.13. The number of thiazole rings is 1. The molecule has 0 aliphatic heterocycles. The SMILES string of the molecule is CC#Cc1cncc(NCc2ccc3nc(NC4CCCC[C@H]4O)sc3c2)n1. The van der Waals surface area contributed by atoms with Crippen LogP contribution in [0.1, 0.15) is 43.9 Å². The minimum Gasteiger partial charge on any atom is -0.391 e. The third-order valence-corrected chi connectivity index (χ3v) is 5.80. The minimum atomic E-state index is -0.283. The lowest BCUT2D eigenvalue weighted by atomic mass is 9.93. The van der Waals surface area contributed by atoms with Gasteiger partial charge in [0.05, 0.1) is 34.8 Å². The smallest absolute Gasteiger partial charge is 0.184 e. The Morgan fingerprint density at radius 1 is 1.21 bits per heavy atom. The number of anilines is 2. The zero-order chi connectivity index (χ0) is 19.3. The molecule has 2 heterocycles. The van der Waals surface area contributed by atoms with Gasteiger partial charge in [-0.1, -0.05) is 36.2 Å². The van der Waals surface area contributed by atoms with Gasteiger partial charge in [0.2, 0.25) is 0 Å². The molecule has 1 aliphatic rings. The number of hydrogen-bond acceptors (Lipinski definition) is 7. The molecule has 4 rings (SSSR count). The molecular weight excluding hydrogens is 370 g/mol. The Balaban J connectivity index is 1.44. The molecule has 0 amide bonds. The van der Waals surface area contributed by atoms with E-state index in [0.717, 1.165) is 46.6 Å². The Bertz CT molecular complexity index is 1020. The van der Waals surface area contributed by atoms with E-state index in [2.05, 4.69) is 49.6 Å². The van der Waals surface area contributed by atoms with Gasteiger partial charge in [0, 0.05) is 6.54 Å². The van der Waals surface area contributed by atoms with Gasteiger partial charge in [-0.3, -0.25) is 4.98 Å². The molecule has 0 spiro atoms. The first-order valence-electron chi connectivity index (χ1n) is 9.54. The van der Waals surface area contributed by atoms with Crippen LogP contribution in [0, 0.1) is 11.8 Å². The third-order valence-electron chi connectivity index (χ3n) is 4.85. The summed E-state index contributed by atoms with van der Waals surface area (Å²) >= 11 is 1.63. The molecule has 1 aliphatic carbocycles. The zero-order valence-electron chi connectivity index (χ0n) is 15.8. The van der Waals surface area contributed by atoms with Gasteiger partial charge in [-0.05, 0) is 43.4 Å². The standard InChI is InChI=1S/C21H23N5OS/c1-2-5-15-12-22-13-20(24-15)23-11-14-8-9-17-19(10-14)28-21(26-17)25-16-6-3-4-7-18(16)27/h8-10,12-13,16,18,27H,3-4,6-7,11H2,1H3,(H,23,24)(H,25,26)/t16?,18-/m1/s1. The largest absolute Gasteiger partial charge is 0.391 e. The molecule has 2 atom stereocenters. The second-order valence-corrected chi connectivity index (χ2v) is 7.97. The number of aliphatic hydroxyl groups is 1. The lowest BCUT2D eigenvalue weighted by Crippen LogP contribution is -2.36. The van der Waals surface area contributed by atoms with Crippen LogP contribution >= 0.6 is 11.3 Å². The van der Waals surface area contributed by atoms with Crippen molar-refractivity contribution in [1.82, 2.24) is 15.0 Å². The highest BCUT2D eigenvalue weighted by Gasteiger charge is 2.23. The van der Waals surface area contributed by atoms with Gasteiger partial charge >= 0.3 is 0 Å². The Kier molecular flexibility index (Phi) is 5.70. The van der Waals surface area contributed by atoms with Crippen molar-refractivity contribution in [3.05, 3.63) is 41.9 Å². The second kappa shape index (κ2) is 8.55. The first-order valence-corrected chi connectivity index (χ1v) is 10.4. The van der Waals surface area contributed by atoms with Gasteiger partial charge in [-0.25, -0.2) is 9.97 Å². The van der Waals surface area contributed by atoms with Crippen LogP contribution in [0.4, 0.5) is 10.9 Å². The fraction of sp³-hybridized carbons (Fsp3) is 0.381. The molecule has 28 heavy (non-hydrogen) atoms. The summed E-state index contributed by atoms with van der Waals surface area (Å²) in [5.41, 5.74) is 2.78. The van der Waals surface area contributed by atoms with Crippen molar-refractivity contribution in [3.63, 3.8) is 0 Å². The van der Waals surface area contributed by atoms with Crippen LogP contribution in [0.5, 0.6) is 0 Å². The van der Waals surface area contributed by atoms with E-state index in [1.165, 1.54) is 0 Å². The topological polar surface area (TPSA) is 83.0 Å². The number of nitrogens with one attached hydrogen (secondary N) is 2. The number of rotatable bonds is 5. The average Bonchev–Trinajstić information content (AvgIpc) is 3.10. The Morgan fingerprint density at radius 2 is 2.11 bits per heavy atom. The van der Waals surface area contributed by atoms with Gasteiger partial charge in [-0.2, -0.15) is 0 Å². The number of aliphatic hydroxyl groups excluding tert-OH is 1. The van der Waals surface area contributed by atoms with Crippen molar-refractivity contribution in [2.75, 3.05) is 10.6 Å². The van der Waals surface area contributed by atoms with Crippen LogP contribution < -0.4 is 10.6 Å². The Morgan fingerprint density at radius 3 is 2.96 bits per heavy atom. The third kappa shape index (κ3) is 4.41. The number of aromatic nitrogens is 3. The lowest BCUT2D eigenvalue weighted by Gasteiger charge is -2.27. The first-order chi connectivity index (χ1) is 13.7. The maximum absolute atomic E-state index is 10.2. The van der Waals surface area contributed by atoms with Crippen molar-refractivity contribution in [1.29, 1.82) is 0 Å². The summed E-state index contributed by atoms with van der Waals surface area (Å²) in [5, 5.41) is 17.8. The van der Waals surface area contributed by atoms with Crippen LogP contribution in [0.2, 0.25) is 0 Å². The van der Waals surface area contributed by atoms with E-state index in [1.54, 1.807) is 30.7 Å². The van der Waals surface area contributed by atoms with Crippen molar-refractivity contribution in [2.24, 2.45) is 0 Å². The lowest BCUT2D eigenvalue weighted by molar-refractivity contribution is 0.116. The molecule has 0 bridgehead atoms. The highest BCUT2D eigenvalue weighted by molar-refractivity contribution is 7.22. The van der Waals surface area contributed by atoms with Gasteiger partial charge < -0.3 is 15.7 Å². The predicted molar refractivity (Wildman–Crippen MR) is 113 cm³/mol. The molecule has 1 unspecified atom stereocenters. The van der Waals surface area contributed by atoms with E-state index in [0.29, 0.717) is 18.1 Å². The molecule has 3 aromatic rings. The number of hydrogen-bond donors (Lipinski definition) is 3. The van der Waals surface area contributed by atoms with Gasteiger partial charge in [-0.15, -0.1) is 0 Å². The van der Waals surface area contributed by atoms with Crippen molar-refractivity contribution in [2.45, 2.75) is 51.3 Å². The molecule has 1 aromatic carbocycles. The van der Waals surface area contributed by atoms with Gasteiger partial charge in [0.25, 0.3) is 0 Å². The van der Waals surface area contributed by atoms with Crippen LogP contribution in [0.25, 0.3) is 10.2 Å². The number of fused-ring (bicyclic) bond motifs is 1. The van der Waals surface area contributed by atoms with E-state index in [-0.39, 0.29) is 12.1 Å². The molecule has 7 heteroatoms. The van der Waals surface area contributed by atoms with E-state index in [4.69, 9.17) is 0 Å². The summed E-state index contributed by atoms with van der Waals surface area (Å²) in [4.78, 5) is 13.3. The maximum Gasteiger partial charge on any atom is 0.184 e. The monoisotopic (exact) mass is 393 g/mol. The number of benzene rings is 1. The van der Waals surface area contributed by atoms with Crippen molar-refractivity contribution in [3.8, 4) is 11.8 Å². The van der Waals surface area contributed by atoms with E-state index < -0.39 is 0 Å².